The van der Waals surface area contributed by atoms with E-state index in [1.54, 1.807) is 11.1 Å². The summed E-state index contributed by atoms with van der Waals surface area (Å²) in [6.45, 7) is 8.75. The highest BCUT2D eigenvalue weighted by molar-refractivity contribution is 5.32. The van der Waals surface area contributed by atoms with Crippen molar-refractivity contribution in [3.63, 3.8) is 0 Å². The van der Waals surface area contributed by atoms with Crippen LogP contribution in [-0.4, -0.2) is 18.0 Å². The Labute approximate surface area is 112 Å². The molecule has 0 fully saturated rings. The minimum atomic E-state index is 0.584. The number of aryl methyl sites for hydroxylation is 1. The lowest BCUT2D eigenvalue weighted by Gasteiger charge is -2.40. The van der Waals surface area contributed by atoms with Gasteiger partial charge in [-0.2, -0.15) is 0 Å². The van der Waals surface area contributed by atoms with E-state index in [0.29, 0.717) is 18.0 Å². The predicted molar refractivity (Wildman–Crippen MR) is 78.5 cm³/mol. The molecule has 0 bridgehead atoms. The Morgan fingerprint density at radius 1 is 1.33 bits per heavy atom. The molecular weight excluding hydrogens is 218 g/mol. The fraction of sp³-hybridized carbons (Fsp3) is 0.588. The van der Waals surface area contributed by atoms with Gasteiger partial charge in [0.2, 0.25) is 0 Å². The van der Waals surface area contributed by atoms with E-state index >= 15 is 0 Å². The highest BCUT2D eigenvalue weighted by Gasteiger charge is 2.28. The van der Waals surface area contributed by atoms with Crippen molar-refractivity contribution in [1.29, 1.82) is 0 Å². The molecule has 0 heterocycles. The van der Waals surface area contributed by atoms with Gasteiger partial charge in [-0.25, -0.2) is 0 Å². The molecule has 0 aromatic heterocycles. The van der Waals surface area contributed by atoms with Crippen LogP contribution in [0.4, 0.5) is 0 Å². The van der Waals surface area contributed by atoms with Gasteiger partial charge in [0.1, 0.15) is 0 Å². The van der Waals surface area contributed by atoms with Gasteiger partial charge in [-0.3, -0.25) is 4.90 Å². The minimum absolute atomic E-state index is 0.584. The molecule has 2 atom stereocenters. The molecule has 2 unspecified atom stereocenters. The molecule has 18 heavy (non-hydrogen) atoms. The number of hydrogen-bond acceptors (Lipinski definition) is 1. The zero-order chi connectivity index (χ0) is 13.1. The molecule has 1 aromatic rings. The van der Waals surface area contributed by atoms with Crippen LogP contribution in [0.25, 0.3) is 0 Å². The van der Waals surface area contributed by atoms with Crippen molar-refractivity contribution < 1.29 is 0 Å². The van der Waals surface area contributed by atoms with Crippen molar-refractivity contribution >= 4 is 0 Å². The first-order valence-corrected chi connectivity index (χ1v) is 7.24. The highest BCUT2D eigenvalue weighted by atomic mass is 15.2. The lowest BCUT2D eigenvalue weighted by atomic mass is 9.85. The third kappa shape index (κ3) is 2.61. The smallest absolute Gasteiger partial charge is 0.0350 e. The van der Waals surface area contributed by atoms with Gasteiger partial charge in [-0.1, -0.05) is 45.0 Å². The van der Waals surface area contributed by atoms with Crippen molar-refractivity contribution in [2.75, 3.05) is 7.05 Å². The summed E-state index contributed by atoms with van der Waals surface area (Å²) in [4.78, 5) is 2.57. The normalized spacial score (nSPS) is 21.1. The number of rotatable bonds is 4. The van der Waals surface area contributed by atoms with Crippen molar-refractivity contribution in [2.24, 2.45) is 5.92 Å². The molecular formula is C17H26N. The molecule has 0 saturated carbocycles. The Bertz CT molecular complexity index is 383. The standard InChI is InChI=1S/C17H26N/c1-5-16(13(2)3)18(4)17-12-8-10-14-9-6-7-11-15(14)17/h6-7,9,11,13,16-17H,1,5,8,10,12H2,2-4H3. The van der Waals surface area contributed by atoms with E-state index in [4.69, 9.17) is 0 Å². The fourth-order valence-corrected chi connectivity index (χ4v) is 3.39. The van der Waals surface area contributed by atoms with Crippen LogP contribution in [0, 0.1) is 12.8 Å². The van der Waals surface area contributed by atoms with Gasteiger partial charge in [-0.05, 0) is 49.8 Å². The van der Waals surface area contributed by atoms with E-state index in [9.17, 15) is 0 Å². The van der Waals surface area contributed by atoms with Gasteiger partial charge in [0.25, 0.3) is 0 Å². The first kappa shape index (κ1) is 13.6. The van der Waals surface area contributed by atoms with Crippen molar-refractivity contribution in [3.8, 4) is 0 Å². The van der Waals surface area contributed by atoms with Crippen LogP contribution in [0.15, 0.2) is 24.3 Å². The van der Waals surface area contributed by atoms with Gasteiger partial charge < -0.3 is 0 Å². The Morgan fingerprint density at radius 2 is 2.06 bits per heavy atom. The van der Waals surface area contributed by atoms with E-state index in [0.717, 1.165) is 6.42 Å². The molecule has 0 N–H and O–H groups in total. The van der Waals surface area contributed by atoms with Crippen LogP contribution in [0.2, 0.25) is 0 Å². The lowest BCUT2D eigenvalue weighted by Crippen LogP contribution is -2.39. The van der Waals surface area contributed by atoms with Crippen molar-refractivity contribution in [3.05, 3.63) is 42.3 Å². The Balaban J connectivity index is 2.24. The molecule has 0 saturated heterocycles. The first-order valence-electron chi connectivity index (χ1n) is 7.24. The largest absolute Gasteiger partial charge is 0.296 e. The summed E-state index contributed by atoms with van der Waals surface area (Å²) in [5.41, 5.74) is 3.09. The topological polar surface area (TPSA) is 3.24 Å². The van der Waals surface area contributed by atoms with Gasteiger partial charge >= 0.3 is 0 Å². The third-order valence-corrected chi connectivity index (χ3v) is 4.42. The SMILES string of the molecule is [CH2]CC(C(C)C)N(C)C1CCCc2ccccc21. The average Bonchev–Trinajstić information content (AvgIpc) is 2.38. The van der Waals surface area contributed by atoms with E-state index in [2.05, 4.69) is 57.0 Å². The second kappa shape index (κ2) is 5.88. The second-order valence-corrected chi connectivity index (χ2v) is 5.87. The second-order valence-electron chi connectivity index (χ2n) is 5.87. The van der Waals surface area contributed by atoms with Crippen LogP contribution in [0.5, 0.6) is 0 Å². The summed E-state index contributed by atoms with van der Waals surface area (Å²) in [6, 6.07) is 10.1. The van der Waals surface area contributed by atoms with Gasteiger partial charge in [-0.15, -0.1) is 0 Å². The maximum atomic E-state index is 4.14. The molecule has 0 aliphatic heterocycles. The quantitative estimate of drug-likeness (QED) is 0.765. The third-order valence-electron chi connectivity index (χ3n) is 4.42. The minimum Gasteiger partial charge on any atom is -0.296 e. The number of fused-ring (bicyclic) bond motifs is 1. The maximum Gasteiger partial charge on any atom is 0.0350 e. The van der Waals surface area contributed by atoms with Gasteiger partial charge in [0.05, 0.1) is 0 Å². The molecule has 2 rings (SSSR count). The highest BCUT2D eigenvalue weighted by Crippen LogP contribution is 2.35. The van der Waals surface area contributed by atoms with E-state index in [1.807, 2.05) is 0 Å². The Hall–Kier alpha value is -0.820. The van der Waals surface area contributed by atoms with Crippen LogP contribution >= 0.6 is 0 Å². The average molecular weight is 244 g/mol. The molecule has 1 aliphatic rings. The predicted octanol–water partition coefficient (Wildman–Crippen LogP) is 4.24. The Kier molecular flexibility index (Phi) is 4.45. The first-order chi connectivity index (χ1) is 8.65. The maximum absolute atomic E-state index is 4.14. The molecule has 99 valence electrons. The van der Waals surface area contributed by atoms with Crippen molar-refractivity contribution in [1.82, 2.24) is 4.90 Å². The van der Waals surface area contributed by atoms with Crippen LogP contribution in [0.1, 0.15) is 50.3 Å². The van der Waals surface area contributed by atoms with E-state index < -0.39 is 0 Å². The molecule has 1 aliphatic carbocycles. The molecule has 1 radical (unpaired) electrons. The number of nitrogens with zero attached hydrogens (tertiary/aromatic N) is 1. The summed E-state index contributed by atoms with van der Waals surface area (Å²) < 4.78 is 0. The number of hydrogen-bond donors (Lipinski definition) is 0. The number of benzene rings is 1. The summed E-state index contributed by atoms with van der Waals surface area (Å²) >= 11 is 0. The molecule has 1 heteroatoms. The van der Waals surface area contributed by atoms with E-state index in [-0.39, 0.29) is 0 Å². The molecule has 0 spiro atoms. The molecule has 1 nitrogen and oxygen atoms in total. The Morgan fingerprint density at radius 3 is 2.72 bits per heavy atom. The van der Waals surface area contributed by atoms with Crippen LogP contribution in [0.3, 0.4) is 0 Å². The summed E-state index contributed by atoms with van der Waals surface area (Å²) in [5, 5.41) is 0. The molecule has 1 aromatic carbocycles. The van der Waals surface area contributed by atoms with Gasteiger partial charge in [0, 0.05) is 12.1 Å². The lowest BCUT2D eigenvalue weighted by molar-refractivity contribution is 0.123. The van der Waals surface area contributed by atoms with Gasteiger partial charge in [0.15, 0.2) is 0 Å². The van der Waals surface area contributed by atoms with E-state index in [1.165, 1.54) is 19.3 Å². The van der Waals surface area contributed by atoms with Crippen LogP contribution in [-0.2, 0) is 6.42 Å². The zero-order valence-electron chi connectivity index (χ0n) is 12.0. The summed E-state index contributed by atoms with van der Waals surface area (Å²) in [7, 11) is 2.28. The monoisotopic (exact) mass is 244 g/mol. The molecule has 0 amide bonds. The summed E-state index contributed by atoms with van der Waals surface area (Å²) in [5.74, 6) is 0.668. The van der Waals surface area contributed by atoms with Crippen LogP contribution < -0.4 is 0 Å². The fourth-order valence-electron chi connectivity index (χ4n) is 3.39. The van der Waals surface area contributed by atoms with Crippen molar-refractivity contribution in [2.45, 2.75) is 51.6 Å². The zero-order valence-corrected chi connectivity index (χ0v) is 12.0. The summed E-state index contributed by atoms with van der Waals surface area (Å²) in [6.07, 6.45) is 4.84.